The average Bonchev–Trinajstić information content (AvgIpc) is 3.38. The number of halogens is 1. The summed E-state index contributed by atoms with van der Waals surface area (Å²) in [7, 11) is 0. The number of carbonyl (C=O) groups is 1. The van der Waals surface area contributed by atoms with E-state index in [4.69, 9.17) is 4.42 Å². The molecule has 3 aromatic rings. The molecule has 0 saturated carbocycles. The molecule has 0 aliphatic carbocycles. The Balaban J connectivity index is 1.39. The third-order valence-corrected chi connectivity index (χ3v) is 6.32. The lowest BCUT2D eigenvalue weighted by Crippen LogP contribution is -2.45. The topological polar surface area (TPSA) is 36.7 Å². The van der Waals surface area contributed by atoms with Gasteiger partial charge in [0.1, 0.15) is 5.82 Å². The highest BCUT2D eigenvalue weighted by atomic mass is 19.1. The third-order valence-electron chi connectivity index (χ3n) is 6.32. The van der Waals surface area contributed by atoms with Gasteiger partial charge in [-0.25, -0.2) is 4.39 Å². The van der Waals surface area contributed by atoms with Crippen molar-refractivity contribution in [1.82, 2.24) is 4.90 Å². The maximum absolute atomic E-state index is 14.1. The summed E-state index contributed by atoms with van der Waals surface area (Å²) >= 11 is 0. The molecule has 1 spiro atoms. The fraction of sp³-hybridized carbons (Fsp3) is 0.292. The minimum atomic E-state index is -0.248. The van der Waals surface area contributed by atoms with E-state index in [-0.39, 0.29) is 17.1 Å². The monoisotopic (exact) mass is 390 g/mol. The van der Waals surface area contributed by atoms with Gasteiger partial charge in [-0.1, -0.05) is 30.3 Å². The molecule has 5 rings (SSSR count). The molecule has 2 aliphatic rings. The number of piperidine rings is 1. The van der Waals surface area contributed by atoms with Crippen LogP contribution in [0, 0.1) is 5.82 Å². The predicted molar refractivity (Wildman–Crippen MR) is 109 cm³/mol. The summed E-state index contributed by atoms with van der Waals surface area (Å²) in [5.74, 6) is -0.0903. The van der Waals surface area contributed by atoms with E-state index >= 15 is 0 Å². The molecule has 3 heterocycles. The lowest BCUT2D eigenvalue weighted by molar-refractivity contribution is 0.0949. The van der Waals surface area contributed by atoms with Crippen molar-refractivity contribution in [3.8, 4) is 0 Å². The van der Waals surface area contributed by atoms with Crippen LogP contribution in [0.1, 0.15) is 34.5 Å². The van der Waals surface area contributed by atoms with Gasteiger partial charge in [0.2, 0.25) is 0 Å². The van der Waals surface area contributed by atoms with Gasteiger partial charge in [-0.05, 0) is 67.4 Å². The molecular weight excluding hydrogens is 367 g/mol. The molecule has 0 bridgehead atoms. The Labute approximate surface area is 169 Å². The maximum atomic E-state index is 14.1. The Morgan fingerprint density at radius 3 is 2.55 bits per heavy atom. The molecule has 148 valence electrons. The van der Waals surface area contributed by atoms with Crippen molar-refractivity contribution in [2.75, 3.05) is 24.5 Å². The van der Waals surface area contributed by atoms with Crippen LogP contribution in [0.25, 0.3) is 0 Å². The van der Waals surface area contributed by atoms with Crippen LogP contribution in [-0.4, -0.2) is 30.4 Å². The largest absolute Gasteiger partial charge is 0.459 e. The summed E-state index contributed by atoms with van der Waals surface area (Å²) in [5, 5.41) is 0. The van der Waals surface area contributed by atoms with Gasteiger partial charge < -0.3 is 9.32 Å². The SMILES string of the molecule is O=C(c1ccco1)N1CC2(CCN(Cc3ccccc3)CC2)c2cc(F)ccc21. The van der Waals surface area contributed by atoms with Crippen LogP contribution in [0.5, 0.6) is 0 Å². The fourth-order valence-electron chi connectivity index (χ4n) is 4.76. The normalized spacial score (nSPS) is 18.2. The molecule has 29 heavy (non-hydrogen) atoms. The number of fused-ring (bicyclic) bond motifs is 2. The van der Waals surface area contributed by atoms with Gasteiger partial charge in [-0.2, -0.15) is 0 Å². The first-order valence-electron chi connectivity index (χ1n) is 10.1. The Kier molecular flexibility index (Phi) is 4.47. The molecule has 0 N–H and O–H groups in total. The number of amides is 1. The van der Waals surface area contributed by atoms with E-state index in [1.807, 2.05) is 6.07 Å². The minimum absolute atomic E-state index is 0.161. The first kappa shape index (κ1) is 18.1. The van der Waals surface area contributed by atoms with Gasteiger partial charge >= 0.3 is 0 Å². The van der Waals surface area contributed by atoms with E-state index in [9.17, 15) is 9.18 Å². The molecular formula is C24H23FN2O2. The molecule has 5 heteroatoms. The van der Waals surface area contributed by atoms with Crippen LogP contribution in [0.4, 0.5) is 10.1 Å². The first-order valence-corrected chi connectivity index (χ1v) is 10.1. The zero-order valence-corrected chi connectivity index (χ0v) is 16.2. The second kappa shape index (κ2) is 7.16. The van der Waals surface area contributed by atoms with Crippen LogP contribution in [0.15, 0.2) is 71.3 Å². The average molecular weight is 390 g/mol. The van der Waals surface area contributed by atoms with Crippen LogP contribution < -0.4 is 4.90 Å². The number of hydrogen-bond acceptors (Lipinski definition) is 3. The Hall–Kier alpha value is -2.92. The van der Waals surface area contributed by atoms with Crippen molar-refractivity contribution in [2.45, 2.75) is 24.8 Å². The second-order valence-corrected chi connectivity index (χ2v) is 8.07. The Morgan fingerprint density at radius 2 is 1.83 bits per heavy atom. The molecule has 0 atom stereocenters. The Morgan fingerprint density at radius 1 is 1.03 bits per heavy atom. The number of benzene rings is 2. The van der Waals surface area contributed by atoms with E-state index in [0.29, 0.717) is 12.3 Å². The van der Waals surface area contributed by atoms with E-state index in [2.05, 4.69) is 29.2 Å². The van der Waals surface area contributed by atoms with Crippen LogP contribution >= 0.6 is 0 Å². The van der Waals surface area contributed by atoms with Gasteiger partial charge in [0.05, 0.1) is 6.26 Å². The second-order valence-electron chi connectivity index (χ2n) is 8.07. The summed E-state index contributed by atoms with van der Waals surface area (Å²) in [4.78, 5) is 17.2. The van der Waals surface area contributed by atoms with Gasteiger partial charge in [0.15, 0.2) is 5.76 Å². The highest BCUT2D eigenvalue weighted by molar-refractivity contribution is 6.06. The lowest BCUT2D eigenvalue weighted by atomic mass is 9.74. The number of rotatable bonds is 3. The van der Waals surface area contributed by atoms with Crippen molar-refractivity contribution in [3.05, 3.63) is 89.6 Å². The van der Waals surface area contributed by atoms with E-state index < -0.39 is 0 Å². The molecule has 1 amide bonds. The van der Waals surface area contributed by atoms with Crippen molar-refractivity contribution in [1.29, 1.82) is 0 Å². The number of nitrogens with zero attached hydrogens (tertiary/aromatic N) is 2. The summed E-state index contributed by atoms with van der Waals surface area (Å²) < 4.78 is 19.5. The van der Waals surface area contributed by atoms with Gasteiger partial charge in [-0.3, -0.25) is 9.69 Å². The van der Waals surface area contributed by atoms with Crippen molar-refractivity contribution in [3.63, 3.8) is 0 Å². The maximum Gasteiger partial charge on any atom is 0.293 e. The molecule has 1 saturated heterocycles. The van der Waals surface area contributed by atoms with Crippen LogP contribution in [0.2, 0.25) is 0 Å². The summed E-state index contributed by atoms with van der Waals surface area (Å²) in [6, 6.07) is 18.6. The molecule has 1 aromatic heterocycles. The third kappa shape index (κ3) is 3.25. The Bertz CT molecular complexity index is 1010. The van der Waals surface area contributed by atoms with E-state index in [0.717, 1.165) is 43.7 Å². The summed E-state index contributed by atoms with van der Waals surface area (Å²) in [6.45, 7) is 3.34. The van der Waals surface area contributed by atoms with E-state index in [1.54, 1.807) is 29.2 Å². The quantitative estimate of drug-likeness (QED) is 0.655. The minimum Gasteiger partial charge on any atom is -0.459 e. The van der Waals surface area contributed by atoms with E-state index in [1.165, 1.54) is 17.9 Å². The van der Waals surface area contributed by atoms with Gasteiger partial charge in [-0.15, -0.1) is 0 Å². The molecule has 2 aromatic carbocycles. The summed E-state index contributed by atoms with van der Waals surface area (Å²) in [5.41, 5.74) is 2.87. The zero-order chi connectivity index (χ0) is 19.8. The standard InChI is InChI=1S/C24H23FN2O2/c25-19-8-9-21-20(15-19)24(17-27(21)23(28)22-7-4-14-29-22)10-12-26(13-11-24)16-18-5-2-1-3-6-18/h1-9,14-15H,10-13,16-17H2. The lowest BCUT2D eigenvalue weighted by Gasteiger charge is -2.40. The number of hydrogen-bond donors (Lipinski definition) is 0. The highest BCUT2D eigenvalue weighted by Crippen LogP contribution is 2.47. The summed E-state index contributed by atoms with van der Waals surface area (Å²) in [6.07, 6.45) is 3.31. The van der Waals surface area contributed by atoms with Crippen LogP contribution in [0.3, 0.4) is 0 Å². The van der Waals surface area contributed by atoms with Crippen LogP contribution in [-0.2, 0) is 12.0 Å². The number of furan rings is 1. The number of carbonyl (C=O) groups excluding carboxylic acids is 1. The first-order chi connectivity index (χ1) is 14.1. The molecule has 2 aliphatic heterocycles. The highest BCUT2D eigenvalue weighted by Gasteiger charge is 2.47. The smallest absolute Gasteiger partial charge is 0.293 e. The van der Waals surface area contributed by atoms with Gasteiger partial charge in [0, 0.05) is 24.2 Å². The zero-order valence-electron chi connectivity index (χ0n) is 16.2. The van der Waals surface area contributed by atoms with Crippen molar-refractivity contribution < 1.29 is 13.6 Å². The molecule has 0 radical (unpaired) electrons. The van der Waals surface area contributed by atoms with Crippen molar-refractivity contribution in [2.24, 2.45) is 0 Å². The number of anilines is 1. The fourth-order valence-corrected chi connectivity index (χ4v) is 4.76. The van der Waals surface area contributed by atoms with Gasteiger partial charge in [0.25, 0.3) is 5.91 Å². The molecule has 0 unspecified atom stereocenters. The predicted octanol–water partition coefficient (Wildman–Crippen LogP) is 4.61. The molecule has 4 nitrogen and oxygen atoms in total. The van der Waals surface area contributed by atoms with Crippen molar-refractivity contribution >= 4 is 11.6 Å². The number of likely N-dealkylation sites (tertiary alicyclic amines) is 1. The molecule has 1 fully saturated rings.